The Labute approximate surface area is 125 Å². The fourth-order valence-corrected chi connectivity index (χ4v) is 2.90. The van der Waals surface area contributed by atoms with Crippen LogP contribution in [0.4, 0.5) is 10.1 Å². The summed E-state index contributed by atoms with van der Waals surface area (Å²) in [6, 6.07) is 3.17. The largest absolute Gasteiger partial charge is 0.389 e. The average Bonchev–Trinajstić information content (AvgIpc) is 2.48. The van der Waals surface area contributed by atoms with Crippen LogP contribution < -0.4 is 10.2 Å². The van der Waals surface area contributed by atoms with Crippen LogP contribution in [-0.2, 0) is 4.79 Å². The number of carbonyl (C=O) groups is 1. The fourth-order valence-electron chi connectivity index (χ4n) is 2.90. The van der Waals surface area contributed by atoms with Crippen LogP contribution in [0.1, 0.15) is 37.0 Å². The van der Waals surface area contributed by atoms with Crippen molar-refractivity contribution in [2.45, 2.75) is 32.8 Å². The van der Waals surface area contributed by atoms with E-state index in [4.69, 9.17) is 0 Å². The molecular weight excluding hydrogens is 271 g/mol. The number of aryl methyl sites for hydroxylation is 1. The summed E-state index contributed by atoms with van der Waals surface area (Å²) < 4.78 is 13.8. The highest BCUT2D eigenvalue weighted by Gasteiger charge is 2.27. The second kappa shape index (κ2) is 6.43. The zero-order valence-electron chi connectivity index (χ0n) is 12.8. The lowest BCUT2D eigenvalue weighted by atomic mass is 9.95. The van der Waals surface area contributed by atoms with E-state index in [-0.39, 0.29) is 17.6 Å². The van der Waals surface area contributed by atoms with Crippen molar-refractivity contribution in [3.8, 4) is 0 Å². The Balaban J connectivity index is 2.32. The maximum Gasteiger partial charge on any atom is 0.224 e. The van der Waals surface area contributed by atoms with Gasteiger partial charge in [0.15, 0.2) is 0 Å². The summed E-state index contributed by atoms with van der Waals surface area (Å²) >= 11 is 0. The predicted molar refractivity (Wildman–Crippen MR) is 80.8 cm³/mol. The van der Waals surface area contributed by atoms with E-state index in [9.17, 15) is 14.3 Å². The minimum absolute atomic E-state index is 0.0390. The number of aliphatic hydroxyl groups is 1. The van der Waals surface area contributed by atoms with Gasteiger partial charge in [-0.2, -0.15) is 0 Å². The number of halogens is 1. The van der Waals surface area contributed by atoms with E-state index in [1.54, 1.807) is 27.0 Å². The number of benzene rings is 1. The molecule has 0 saturated carbocycles. The van der Waals surface area contributed by atoms with Crippen molar-refractivity contribution >= 4 is 11.6 Å². The summed E-state index contributed by atoms with van der Waals surface area (Å²) in [5, 5.41) is 12.6. The molecule has 5 heteroatoms. The predicted octanol–water partition coefficient (Wildman–Crippen LogP) is 2.15. The first kappa shape index (κ1) is 15.8. The number of piperidine rings is 1. The summed E-state index contributed by atoms with van der Waals surface area (Å²) in [5.41, 5.74) is 1.96. The molecule has 2 rings (SSSR count). The number of amides is 1. The molecule has 0 spiro atoms. The number of nitrogens with one attached hydrogen (secondary N) is 1. The number of carbonyl (C=O) groups excluding carboxylic acids is 1. The first-order valence-corrected chi connectivity index (χ1v) is 7.38. The van der Waals surface area contributed by atoms with Gasteiger partial charge in [0.05, 0.1) is 12.0 Å². The number of nitrogens with zero attached hydrogens (tertiary/aromatic N) is 1. The van der Waals surface area contributed by atoms with Crippen molar-refractivity contribution in [3.63, 3.8) is 0 Å². The number of rotatable bonds is 3. The van der Waals surface area contributed by atoms with E-state index in [1.165, 1.54) is 6.07 Å². The summed E-state index contributed by atoms with van der Waals surface area (Å²) in [5.74, 6) is -0.331. The summed E-state index contributed by atoms with van der Waals surface area (Å²) in [7, 11) is 1.64. The zero-order valence-corrected chi connectivity index (χ0v) is 12.8. The van der Waals surface area contributed by atoms with Crippen LogP contribution in [0.3, 0.4) is 0 Å². The standard InChI is InChI=1S/C16H23FN2O2/c1-10-7-15(13(11(2)20)8-14(10)17)19-6-4-5-12(9-19)16(21)18-3/h7-8,11-12,20H,4-6,9H2,1-3H3,(H,18,21)/t11-,12?/m1/s1. The Morgan fingerprint density at radius 3 is 2.86 bits per heavy atom. The van der Waals surface area contributed by atoms with Crippen LogP contribution in [-0.4, -0.2) is 31.2 Å². The molecule has 1 fully saturated rings. The molecule has 0 aliphatic carbocycles. The van der Waals surface area contributed by atoms with Gasteiger partial charge in [-0.3, -0.25) is 4.79 Å². The third kappa shape index (κ3) is 3.35. The molecule has 21 heavy (non-hydrogen) atoms. The van der Waals surface area contributed by atoms with Crippen molar-refractivity contribution in [1.29, 1.82) is 0 Å². The molecule has 1 aromatic rings. The highest BCUT2D eigenvalue weighted by Crippen LogP contribution is 2.32. The molecule has 1 aliphatic heterocycles. The first-order valence-electron chi connectivity index (χ1n) is 7.38. The van der Waals surface area contributed by atoms with Gasteiger partial charge in [0.2, 0.25) is 5.91 Å². The maximum absolute atomic E-state index is 13.8. The smallest absolute Gasteiger partial charge is 0.224 e. The van der Waals surface area contributed by atoms with Gasteiger partial charge in [-0.15, -0.1) is 0 Å². The van der Waals surface area contributed by atoms with Crippen LogP contribution in [0.2, 0.25) is 0 Å². The van der Waals surface area contributed by atoms with E-state index in [0.717, 1.165) is 25.1 Å². The fraction of sp³-hybridized carbons (Fsp3) is 0.562. The molecule has 0 bridgehead atoms. The Morgan fingerprint density at radius 2 is 2.24 bits per heavy atom. The van der Waals surface area contributed by atoms with Crippen LogP contribution in [0.5, 0.6) is 0 Å². The monoisotopic (exact) mass is 294 g/mol. The van der Waals surface area contributed by atoms with E-state index in [1.807, 2.05) is 0 Å². The molecule has 4 nitrogen and oxygen atoms in total. The highest BCUT2D eigenvalue weighted by molar-refractivity contribution is 5.79. The SMILES string of the molecule is CNC(=O)C1CCCN(c2cc(C)c(F)cc2[C@@H](C)O)C1. The first-order chi connectivity index (χ1) is 9.93. The molecule has 1 saturated heterocycles. The Morgan fingerprint density at radius 1 is 1.52 bits per heavy atom. The normalized spacial score (nSPS) is 20.2. The van der Waals surface area contributed by atoms with Crippen LogP contribution in [0.25, 0.3) is 0 Å². The molecule has 1 aromatic carbocycles. The van der Waals surface area contributed by atoms with Crippen LogP contribution in [0, 0.1) is 18.7 Å². The van der Waals surface area contributed by atoms with Crippen LogP contribution >= 0.6 is 0 Å². The minimum atomic E-state index is -0.740. The van der Waals surface area contributed by atoms with Gasteiger partial charge < -0.3 is 15.3 Å². The molecule has 1 amide bonds. The highest BCUT2D eigenvalue weighted by atomic mass is 19.1. The lowest BCUT2D eigenvalue weighted by molar-refractivity contribution is -0.124. The van der Waals surface area contributed by atoms with Crippen molar-refractivity contribution < 1.29 is 14.3 Å². The van der Waals surface area contributed by atoms with Crippen molar-refractivity contribution in [3.05, 3.63) is 29.1 Å². The Hall–Kier alpha value is -1.62. The Bertz CT molecular complexity index is 531. The molecule has 1 heterocycles. The number of anilines is 1. The average molecular weight is 294 g/mol. The topological polar surface area (TPSA) is 52.6 Å². The molecule has 2 N–H and O–H groups in total. The van der Waals surface area contributed by atoms with Crippen molar-refractivity contribution in [1.82, 2.24) is 5.32 Å². The summed E-state index contributed by atoms with van der Waals surface area (Å²) in [6.07, 6.45) is 1.03. The molecule has 1 aliphatic rings. The molecule has 2 atom stereocenters. The number of hydrogen-bond acceptors (Lipinski definition) is 3. The molecule has 0 aromatic heterocycles. The summed E-state index contributed by atoms with van der Waals surface area (Å²) in [4.78, 5) is 13.9. The van der Waals surface area contributed by atoms with Gasteiger partial charge in [-0.05, 0) is 44.4 Å². The van der Waals surface area contributed by atoms with Gasteiger partial charge in [-0.25, -0.2) is 4.39 Å². The third-order valence-electron chi connectivity index (χ3n) is 4.14. The van der Waals surface area contributed by atoms with Gasteiger partial charge in [0.25, 0.3) is 0 Å². The lowest BCUT2D eigenvalue weighted by Gasteiger charge is -2.35. The third-order valence-corrected chi connectivity index (χ3v) is 4.14. The van der Waals surface area contributed by atoms with E-state index in [0.29, 0.717) is 17.7 Å². The second-order valence-corrected chi connectivity index (χ2v) is 5.74. The zero-order chi connectivity index (χ0) is 15.6. The van der Waals surface area contributed by atoms with Gasteiger partial charge in [-0.1, -0.05) is 0 Å². The summed E-state index contributed by atoms with van der Waals surface area (Å²) in [6.45, 7) is 4.77. The molecular formula is C16H23FN2O2. The van der Waals surface area contributed by atoms with Crippen molar-refractivity contribution in [2.75, 3.05) is 25.0 Å². The van der Waals surface area contributed by atoms with Crippen LogP contribution in [0.15, 0.2) is 12.1 Å². The quantitative estimate of drug-likeness (QED) is 0.898. The van der Waals surface area contributed by atoms with Crippen molar-refractivity contribution in [2.24, 2.45) is 5.92 Å². The van der Waals surface area contributed by atoms with Gasteiger partial charge >= 0.3 is 0 Å². The molecule has 116 valence electrons. The molecule has 0 radical (unpaired) electrons. The second-order valence-electron chi connectivity index (χ2n) is 5.74. The van der Waals surface area contributed by atoms with E-state index >= 15 is 0 Å². The lowest BCUT2D eigenvalue weighted by Crippen LogP contribution is -2.42. The maximum atomic E-state index is 13.8. The van der Waals surface area contributed by atoms with E-state index in [2.05, 4.69) is 10.2 Å². The Kier molecular flexibility index (Phi) is 4.83. The number of aliphatic hydroxyl groups excluding tert-OH is 1. The van der Waals surface area contributed by atoms with Gasteiger partial charge in [0.1, 0.15) is 5.82 Å². The van der Waals surface area contributed by atoms with Gasteiger partial charge in [0, 0.05) is 31.4 Å². The minimum Gasteiger partial charge on any atom is -0.389 e. The number of hydrogen-bond donors (Lipinski definition) is 2. The molecule has 1 unspecified atom stereocenters. The van der Waals surface area contributed by atoms with E-state index < -0.39 is 6.10 Å².